The van der Waals surface area contributed by atoms with Gasteiger partial charge in [0.15, 0.2) is 4.67 Å². The molecule has 1 aromatic carbocycles. The van der Waals surface area contributed by atoms with Crippen molar-refractivity contribution in [3.8, 4) is 0 Å². The zero-order chi connectivity index (χ0) is 14.8. The zero-order valence-electron chi connectivity index (χ0n) is 11.1. The summed E-state index contributed by atoms with van der Waals surface area (Å²) in [5, 5.41) is 3.83. The Hall–Kier alpha value is -1.92. The standard InChI is InChI=1S/C15H11BrN2O2S/c1-9-17-12-5-2-10(8-13(12)21-9)18-15(19)7-4-11-3-6-14(16)20-11/h2-8H,1H3,(H,18,19)/b7-4+. The van der Waals surface area contributed by atoms with Gasteiger partial charge in [0, 0.05) is 11.8 Å². The SMILES string of the molecule is Cc1nc2ccc(NC(=O)/C=C/c3ccc(Br)o3)cc2s1. The van der Waals surface area contributed by atoms with Gasteiger partial charge in [-0.3, -0.25) is 4.79 Å². The lowest BCUT2D eigenvalue weighted by Gasteiger charge is -2.01. The Labute approximate surface area is 133 Å². The van der Waals surface area contributed by atoms with Crippen LogP contribution in [0.3, 0.4) is 0 Å². The largest absolute Gasteiger partial charge is 0.450 e. The third-order valence-electron chi connectivity index (χ3n) is 2.76. The fourth-order valence-electron chi connectivity index (χ4n) is 1.88. The Morgan fingerprint density at radius 3 is 3.00 bits per heavy atom. The molecular weight excluding hydrogens is 352 g/mol. The molecule has 2 heterocycles. The molecule has 0 fully saturated rings. The number of hydrogen-bond donors (Lipinski definition) is 1. The van der Waals surface area contributed by atoms with Crippen LogP contribution in [0.15, 0.2) is 45.5 Å². The van der Waals surface area contributed by atoms with E-state index in [-0.39, 0.29) is 5.91 Å². The van der Waals surface area contributed by atoms with Crippen molar-refractivity contribution in [2.75, 3.05) is 5.32 Å². The molecular formula is C15H11BrN2O2S. The summed E-state index contributed by atoms with van der Waals surface area (Å²) in [5.74, 6) is 0.411. The molecule has 21 heavy (non-hydrogen) atoms. The molecule has 4 nitrogen and oxygen atoms in total. The van der Waals surface area contributed by atoms with Crippen molar-refractivity contribution < 1.29 is 9.21 Å². The molecule has 0 aliphatic rings. The maximum atomic E-state index is 11.9. The molecule has 0 radical (unpaired) electrons. The van der Waals surface area contributed by atoms with Crippen LogP contribution in [0.1, 0.15) is 10.8 Å². The quantitative estimate of drug-likeness (QED) is 0.692. The molecule has 3 rings (SSSR count). The van der Waals surface area contributed by atoms with Crippen LogP contribution in [0.4, 0.5) is 5.69 Å². The number of anilines is 1. The van der Waals surface area contributed by atoms with Crippen molar-refractivity contribution in [2.45, 2.75) is 6.92 Å². The molecule has 3 aromatic rings. The van der Waals surface area contributed by atoms with E-state index in [1.54, 1.807) is 29.5 Å². The number of thiazole rings is 1. The van der Waals surface area contributed by atoms with Crippen molar-refractivity contribution in [1.82, 2.24) is 4.98 Å². The van der Waals surface area contributed by atoms with Gasteiger partial charge in [0.2, 0.25) is 5.91 Å². The average molecular weight is 363 g/mol. The van der Waals surface area contributed by atoms with Crippen LogP contribution in [-0.2, 0) is 4.79 Å². The van der Waals surface area contributed by atoms with Crippen molar-refractivity contribution in [1.29, 1.82) is 0 Å². The molecule has 1 N–H and O–H groups in total. The normalized spacial score (nSPS) is 11.3. The van der Waals surface area contributed by atoms with Crippen LogP contribution in [0.2, 0.25) is 0 Å². The van der Waals surface area contributed by atoms with Gasteiger partial charge in [0.05, 0.1) is 15.2 Å². The number of benzene rings is 1. The molecule has 0 bridgehead atoms. The predicted molar refractivity (Wildman–Crippen MR) is 88.4 cm³/mol. The molecule has 1 amide bonds. The lowest BCUT2D eigenvalue weighted by atomic mass is 10.3. The highest BCUT2D eigenvalue weighted by molar-refractivity contribution is 9.10. The zero-order valence-corrected chi connectivity index (χ0v) is 13.5. The highest BCUT2D eigenvalue weighted by Gasteiger charge is 2.04. The smallest absolute Gasteiger partial charge is 0.248 e. The number of halogens is 1. The first-order valence-electron chi connectivity index (χ1n) is 6.22. The van der Waals surface area contributed by atoms with E-state index in [2.05, 4.69) is 26.2 Å². The molecule has 106 valence electrons. The Morgan fingerprint density at radius 2 is 2.24 bits per heavy atom. The van der Waals surface area contributed by atoms with E-state index >= 15 is 0 Å². The fourth-order valence-corrected chi connectivity index (χ4v) is 3.06. The van der Waals surface area contributed by atoms with Crippen LogP contribution in [0, 0.1) is 6.92 Å². The molecule has 0 aliphatic carbocycles. The minimum absolute atomic E-state index is 0.205. The Bertz CT molecular complexity index is 835. The summed E-state index contributed by atoms with van der Waals surface area (Å²) < 4.78 is 6.98. The summed E-state index contributed by atoms with van der Waals surface area (Å²) in [5.41, 5.74) is 1.70. The molecule has 0 atom stereocenters. The van der Waals surface area contributed by atoms with Gasteiger partial charge in [-0.25, -0.2) is 4.98 Å². The number of carbonyl (C=O) groups excluding carboxylic acids is 1. The first-order valence-corrected chi connectivity index (χ1v) is 7.83. The molecule has 0 saturated heterocycles. The van der Waals surface area contributed by atoms with Crippen molar-refractivity contribution in [3.63, 3.8) is 0 Å². The number of nitrogens with one attached hydrogen (secondary N) is 1. The maximum Gasteiger partial charge on any atom is 0.248 e. The number of carbonyl (C=O) groups is 1. The topological polar surface area (TPSA) is 55.1 Å². The van der Waals surface area contributed by atoms with E-state index in [0.29, 0.717) is 10.4 Å². The first-order chi connectivity index (χ1) is 10.1. The summed E-state index contributed by atoms with van der Waals surface area (Å²) in [6, 6.07) is 9.23. The van der Waals surface area contributed by atoms with Crippen LogP contribution in [0.25, 0.3) is 16.3 Å². The van der Waals surface area contributed by atoms with E-state index < -0.39 is 0 Å². The summed E-state index contributed by atoms with van der Waals surface area (Å²) in [7, 11) is 0. The number of aryl methyl sites for hydroxylation is 1. The minimum Gasteiger partial charge on any atom is -0.450 e. The number of furan rings is 1. The lowest BCUT2D eigenvalue weighted by molar-refractivity contribution is -0.111. The van der Waals surface area contributed by atoms with Crippen LogP contribution in [-0.4, -0.2) is 10.9 Å². The van der Waals surface area contributed by atoms with Gasteiger partial charge in [-0.15, -0.1) is 11.3 Å². The van der Waals surface area contributed by atoms with Crippen LogP contribution >= 0.6 is 27.3 Å². The summed E-state index contributed by atoms with van der Waals surface area (Å²) in [4.78, 5) is 16.3. The molecule has 0 aliphatic heterocycles. The van der Waals surface area contributed by atoms with Gasteiger partial charge in [0.25, 0.3) is 0 Å². The number of fused-ring (bicyclic) bond motifs is 1. The molecule has 0 saturated carbocycles. The van der Waals surface area contributed by atoms with E-state index in [1.807, 2.05) is 25.1 Å². The molecule has 6 heteroatoms. The summed E-state index contributed by atoms with van der Waals surface area (Å²) in [6.45, 7) is 1.97. The van der Waals surface area contributed by atoms with Gasteiger partial charge in [-0.2, -0.15) is 0 Å². The molecule has 0 spiro atoms. The first kappa shape index (κ1) is 14.0. The summed E-state index contributed by atoms with van der Waals surface area (Å²) >= 11 is 4.82. The highest BCUT2D eigenvalue weighted by Crippen LogP contribution is 2.24. The van der Waals surface area contributed by atoms with Gasteiger partial charge >= 0.3 is 0 Å². The highest BCUT2D eigenvalue weighted by atomic mass is 79.9. The van der Waals surface area contributed by atoms with Gasteiger partial charge in [-0.1, -0.05) is 0 Å². The Kier molecular flexibility index (Phi) is 3.90. The van der Waals surface area contributed by atoms with Crippen molar-refractivity contribution in [3.05, 3.63) is 51.8 Å². The number of nitrogens with zero attached hydrogens (tertiary/aromatic N) is 1. The maximum absolute atomic E-state index is 11.9. The third kappa shape index (κ3) is 3.40. The lowest BCUT2D eigenvalue weighted by Crippen LogP contribution is -2.07. The number of amides is 1. The fraction of sp³-hybridized carbons (Fsp3) is 0.0667. The van der Waals surface area contributed by atoms with E-state index in [9.17, 15) is 4.79 Å². The van der Waals surface area contributed by atoms with Gasteiger partial charge in [-0.05, 0) is 59.3 Å². The Balaban J connectivity index is 1.72. The molecule has 2 aromatic heterocycles. The molecule has 0 unspecified atom stereocenters. The van der Waals surface area contributed by atoms with E-state index in [0.717, 1.165) is 20.9 Å². The van der Waals surface area contributed by atoms with Gasteiger partial charge < -0.3 is 9.73 Å². The van der Waals surface area contributed by atoms with E-state index in [1.165, 1.54) is 6.08 Å². The predicted octanol–water partition coefficient (Wildman–Crippen LogP) is 4.61. The Morgan fingerprint density at radius 1 is 1.38 bits per heavy atom. The second-order valence-electron chi connectivity index (χ2n) is 4.38. The monoisotopic (exact) mass is 362 g/mol. The second-order valence-corrected chi connectivity index (χ2v) is 6.40. The van der Waals surface area contributed by atoms with Crippen molar-refractivity contribution in [2.24, 2.45) is 0 Å². The number of rotatable bonds is 3. The summed E-state index contributed by atoms with van der Waals surface area (Å²) in [6.07, 6.45) is 3.06. The average Bonchev–Trinajstić information content (AvgIpc) is 3.01. The number of aromatic nitrogens is 1. The minimum atomic E-state index is -0.205. The second kappa shape index (κ2) is 5.83. The van der Waals surface area contributed by atoms with Crippen LogP contribution < -0.4 is 5.32 Å². The van der Waals surface area contributed by atoms with E-state index in [4.69, 9.17) is 4.42 Å². The number of hydrogen-bond acceptors (Lipinski definition) is 4. The third-order valence-corrected chi connectivity index (χ3v) is 4.12. The van der Waals surface area contributed by atoms with Crippen molar-refractivity contribution >= 4 is 55.2 Å². The van der Waals surface area contributed by atoms with Crippen LogP contribution in [0.5, 0.6) is 0 Å². The van der Waals surface area contributed by atoms with Gasteiger partial charge in [0.1, 0.15) is 5.76 Å².